The average Bonchev–Trinajstić information content (AvgIpc) is 2.26. The summed E-state index contributed by atoms with van der Waals surface area (Å²) in [5, 5.41) is 0. The van der Waals surface area contributed by atoms with Crippen LogP contribution < -0.4 is 4.74 Å². The van der Waals surface area contributed by atoms with Gasteiger partial charge in [0.2, 0.25) is 0 Å². The van der Waals surface area contributed by atoms with E-state index < -0.39 is 0 Å². The van der Waals surface area contributed by atoms with Gasteiger partial charge in [0, 0.05) is 5.92 Å². The monoisotopic (exact) mass is 248 g/mol. The van der Waals surface area contributed by atoms with E-state index in [0.717, 1.165) is 24.6 Å². The zero-order chi connectivity index (χ0) is 13.2. The van der Waals surface area contributed by atoms with Crippen LogP contribution in [0.15, 0.2) is 12.4 Å². The van der Waals surface area contributed by atoms with Crippen molar-refractivity contribution in [1.29, 1.82) is 0 Å². The Hall–Kier alpha value is -1.12. The smallest absolute Gasteiger partial charge is 0.155 e. The number of aromatic nitrogens is 2. The molecule has 1 aromatic rings. The molecule has 0 spiro atoms. The standard InChI is InChI=1S/C15H24N2O/c1-11(2)5-6-18-13-9-16-14(17-10-13)12-7-15(3,4)8-12/h9-12H,5-8H2,1-4H3. The van der Waals surface area contributed by atoms with Crippen LogP contribution in [0.2, 0.25) is 0 Å². The maximum absolute atomic E-state index is 5.62. The Morgan fingerprint density at radius 1 is 1.28 bits per heavy atom. The highest BCUT2D eigenvalue weighted by molar-refractivity contribution is 5.15. The van der Waals surface area contributed by atoms with E-state index in [1.807, 2.05) is 12.4 Å². The van der Waals surface area contributed by atoms with Crippen LogP contribution in [-0.4, -0.2) is 16.6 Å². The zero-order valence-electron chi connectivity index (χ0n) is 11.9. The fourth-order valence-electron chi connectivity index (χ4n) is 2.48. The molecule has 3 nitrogen and oxygen atoms in total. The fourth-order valence-corrected chi connectivity index (χ4v) is 2.48. The average molecular weight is 248 g/mol. The van der Waals surface area contributed by atoms with Gasteiger partial charge in [-0.2, -0.15) is 0 Å². The van der Waals surface area contributed by atoms with E-state index in [0.29, 0.717) is 17.3 Å². The number of hydrogen-bond acceptors (Lipinski definition) is 3. The molecule has 1 aromatic heterocycles. The minimum Gasteiger partial charge on any atom is -0.490 e. The van der Waals surface area contributed by atoms with Gasteiger partial charge in [-0.3, -0.25) is 0 Å². The molecule has 0 atom stereocenters. The topological polar surface area (TPSA) is 35.0 Å². The van der Waals surface area contributed by atoms with Crippen molar-refractivity contribution >= 4 is 0 Å². The third-order valence-corrected chi connectivity index (χ3v) is 3.58. The highest BCUT2D eigenvalue weighted by Gasteiger charge is 2.38. The second kappa shape index (κ2) is 5.25. The number of rotatable bonds is 5. The maximum Gasteiger partial charge on any atom is 0.155 e. The molecule has 0 aromatic carbocycles. The van der Waals surface area contributed by atoms with Crippen molar-refractivity contribution in [3.05, 3.63) is 18.2 Å². The molecule has 0 radical (unpaired) electrons. The summed E-state index contributed by atoms with van der Waals surface area (Å²) >= 11 is 0. The third kappa shape index (κ3) is 3.44. The molecule has 0 saturated heterocycles. The van der Waals surface area contributed by atoms with E-state index in [4.69, 9.17) is 4.74 Å². The van der Waals surface area contributed by atoms with Crippen LogP contribution in [0.3, 0.4) is 0 Å². The van der Waals surface area contributed by atoms with Crippen LogP contribution in [0.5, 0.6) is 5.75 Å². The number of nitrogens with zero attached hydrogens (tertiary/aromatic N) is 2. The first-order valence-corrected chi connectivity index (χ1v) is 6.91. The molecule has 0 N–H and O–H groups in total. The SMILES string of the molecule is CC(C)CCOc1cnc(C2CC(C)(C)C2)nc1. The van der Waals surface area contributed by atoms with Gasteiger partial charge in [0.25, 0.3) is 0 Å². The van der Waals surface area contributed by atoms with Crippen LogP contribution in [0, 0.1) is 11.3 Å². The maximum atomic E-state index is 5.62. The molecule has 1 heterocycles. The first-order valence-electron chi connectivity index (χ1n) is 6.91. The molecule has 1 saturated carbocycles. The van der Waals surface area contributed by atoms with E-state index in [-0.39, 0.29) is 0 Å². The van der Waals surface area contributed by atoms with Crippen molar-refractivity contribution < 1.29 is 4.74 Å². The molecule has 0 amide bonds. The van der Waals surface area contributed by atoms with Gasteiger partial charge in [0.15, 0.2) is 5.75 Å². The lowest BCUT2D eigenvalue weighted by atomic mass is 9.64. The minimum atomic E-state index is 0.473. The molecular formula is C15H24N2O. The van der Waals surface area contributed by atoms with Crippen LogP contribution in [0.1, 0.15) is 58.7 Å². The van der Waals surface area contributed by atoms with Crippen LogP contribution >= 0.6 is 0 Å². The predicted molar refractivity (Wildman–Crippen MR) is 72.7 cm³/mol. The molecule has 2 rings (SSSR count). The van der Waals surface area contributed by atoms with Crippen molar-refractivity contribution in [2.75, 3.05) is 6.61 Å². The first-order chi connectivity index (χ1) is 8.46. The van der Waals surface area contributed by atoms with Crippen molar-refractivity contribution in [2.45, 2.75) is 52.9 Å². The first kappa shape index (κ1) is 13.3. The highest BCUT2D eigenvalue weighted by atomic mass is 16.5. The summed E-state index contributed by atoms with van der Waals surface area (Å²) < 4.78 is 5.62. The Balaban J connectivity index is 1.83. The molecule has 1 aliphatic rings. The van der Waals surface area contributed by atoms with E-state index >= 15 is 0 Å². The lowest BCUT2D eigenvalue weighted by Gasteiger charge is -2.41. The molecule has 3 heteroatoms. The molecule has 100 valence electrons. The lowest BCUT2D eigenvalue weighted by molar-refractivity contribution is 0.145. The van der Waals surface area contributed by atoms with Crippen molar-refractivity contribution in [3.63, 3.8) is 0 Å². The normalized spacial score (nSPS) is 18.7. The Bertz CT molecular complexity index is 376. The summed E-state index contributed by atoms with van der Waals surface area (Å²) in [6.07, 6.45) is 7.08. The van der Waals surface area contributed by atoms with E-state index in [1.165, 1.54) is 12.8 Å². The molecule has 0 unspecified atom stereocenters. The third-order valence-electron chi connectivity index (χ3n) is 3.58. The molecule has 0 aliphatic heterocycles. The molecule has 1 aliphatic carbocycles. The van der Waals surface area contributed by atoms with Crippen molar-refractivity contribution in [3.8, 4) is 5.75 Å². The second-order valence-electron chi connectivity index (χ2n) is 6.58. The summed E-state index contributed by atoms with van der Waals surface area (Å²) in [4.78, 5) is 8.86. The molecular weight excluding hydrogens is 224 g/mol. The Morgan fingerprint density at radius 3 is 2.39 bits per heavy atom. The van der Waals surface area contributed by atoms with Gasteiger partial charge in [-0.1, -0.05) is 27.7 Å². The van der Waals surface area contributed by atoms with Crippen molar-refractivity contribution in [1.82, 2.24) is 9.97 Å². The summed E-state index contributed by atoms with van der Waals surface area (Å²) in [7, 11) is 0. The van der Waals surface area contributed by atoms with E-state index in [9.17, 15) is 0 Å². The van der Waals surface area contributed by atoms with Gasteiger partial charge in [0.05, 0.1) is 19.0 Å². The Labute approximate surface area is 110 Å². The summed E-state index contributed by atoms with van der Waals surface area (Å²) in [6.45, 7) is 9.74. The fraction of sp³-hybridized carbons (Fsp3) is 0.733. The Kier molecular flexibility index (Phi) is 3.88. The largest absolute Gasteiger partial charge is 0.490 e. The highest BCUT2D eigenvalue weighted by Crippen LogP contribution is 2.49. The van der Waals surface area contributed by atoms with Gasteiger partial charge in [-0.25, -0.2) is 9.97 Å². The van der Waals surface area contributed by atoms with E-state index in [2.05, 4.69) is 37.7 Å². The lowest BCUT2D eigenvalue weighted by Crippen LogP contribution is -2.30. The Morgan fingerprint density at radius 2 is 1.89 bits per heavy atom. The predicted octanol–water partition coefficient (Wildman–Crippen LogP) is 3.81. The molecule has 1 fully saturated rings. The van der Waals surface area contributed by atoms with Gasteiger partial charge in [-0.15, -0.1) is 0 Å². The molecule has 18 heavy (non-hydrogen) atoms. The zero-order valence-corrected chi connectivity index (χ0v) is 11.9. The van der Waals surface area contributed by atoms with Crippen molar-refractivity contribution in [2.24, 2.45) is 11.3 Å². The van der Waals surface area contributed by atoms with Gasteiger partial charge >= 0.3 is 0 Å². The second-order valence-corrected chi connectivity index (χ2v) is 6.58. The van der Waals surface area contributed by atoms with Gasteiger partial charge < -0.3 is 4.74 Å². The quantitative estimate of drug-likeness (QED) is 0.795. The summed E-state index contributed by atoms with van der Waals surface area (Å²) in [5.74, 6) is 2.98. The van der Waals surface area contributed by atoms with Crippen LogP contribution in [0.4, 0.5) is 0 Å². The van der Waals surface area contributed by atoms with Gasteiger partial charge in [0.1, 0.15) is 5.82 Å². The summed E-state index contributed by atoms with van der Waals surface area (Å²) in [6, 6.07) is 0. The summed E-state index contributed by atoms with van der Waals surface area (Å²) in [5.41, 5.74) is 0.473. The minimum absolute atomic E-state index is 0.473. The van der Waals surface area contributed by atoms with E-state index in [1.54, 1.807) is 0 Å². The van der Waals surface area contributed by atoms with Gasteiger partial charge in [-0.05, 0) is 30.6 Å². The van der Waals surface area contributed by atoms with Crippen LogP contribution in [-0.2, 0) is 0 Å². The number of ether oxygens (including phenoxy) is 1. The number of hydrogen-bond donors (Lipinski definition) is 0. The van der Waals surface area contributed by atoms with Crippen LogP contribution in [0.25, 0.3) is 0 Å². The molecule has 0 bridgehead atoms.